The molecule has 1 aliphatic heterocycles. The molecule has 4 aromatic rings. The van der Waals surface area contributed by atoms with Gasteiger partial charge < -0.3 is 15.0 Å². The summed E-state index contributed by atoms with van der Waals surface area (Å²) in [6.45, 7) is -0.0457. The molecule has 10 nitrogen and oxygen atoms in total. The quantitative estimate of drug-likeness (QED) is 0.399. The molecule has 186 valence electrons. The van der Waals surface area contributed by atoms with Gasteiger partial charge in [0, 0.05) is 24.2 Å². The predicted octanol–water partition coefficient (Wildman–Crippen LogP) is 2.53. The molecular formula is C25H18ClFN6O4. The van der Waals surface area contributed by atoms with E-state index in [4.69, 9.17) is 16.3 Å². The molecule has 0 bridgehead atoms. The molecule has 2 aromatic heterocycles. The number of nitrogens with zero attached hydrogens (tertiary/aromatic N) is 4. The van der Waals surface area contributed by atoms with Crippen molar-refractivity contribution in [1.82, 2.24) is 19.1 Å². The molecule has 0 atom stereocenters. The Morgan fingerprint density at radius 1 is 1.16 bits per heavy atom. The van der Waals surface area contributed by atoms with Gasteiger partial charge in [0.05, 0.1) is 42.0 Å². The van der Waals surface area contributed by atoms with E-state index in [-0.39, 0.29) is 35.2 Å². The minimum Gasteiger partial charge on any atom is -0.493 e. The minimum atomic E-state index is -0.899. The van der Waals surface area contributed by atoms with Gasteiger partial charge >= 0.3 is 11.4 Å². The molecule has 5 rings (SSSR count). The lowest BCUT2D eigenvalue weighted by molar-refractivity contribution is 0.357. The molecule has 0 saturated heterocycles. The van der Waals surface area contributed by atoms with Crippen LogP contribution >= 0.6 is 11.6 Å². The van der Waals surface area contributed by atoms with Gasteiger partial charge in [-0.15, -0.1) is 0 Å². The Morgan fingerprint density at radius 2 is 2.00 bits per heavy atom. The number of rotatable bonds is 6. The summed E-state index contributed by atoms with van der Waals surface area (Å²) < 4.78 is 21.6. The molecule has 0 unspecified atom stereocenters. The van der Waals surface area contributed by atoms with Gasteiger partial charge in [-0.2, -0.15) is 10.2 Å². The molecule has 0 amide bonds. The van der Waals surface area contributed by atoms with Crippen LogP contribution in [0.5, 0.6) is 5.75 Å². The zero-order valence-electron chi connectivity index (χ0n) is 19.1. The van der Waals surface area contributed by atoms with E-state index in [1.54, 1.807) is 18.2 Å². The van der Waals surface area contributed by atoms with Gasteiger partial charge in [-0.3, -0.25) is 9.36 Å². The summed E-state index contributed by atoms with van der Waals surface area (Å²) in [5.41, 5.74) is -0.343. The maximum Gasteiger partial charge on any atom is 0.355 e. The van der Waals surface area contributed by atoms with Gasteiger partial charge in [0.25, 0.3) is 5.56 Å². The highest BCUT2D eigenvalue weighted by atomic mass is 35.5. The molecule has 3 heterocycles. The third-order valence-corrected chi connectivity index (χ3v) is 6.14. The largest absolute Gasteiger partial charge is 0.493 e. The van der Waals surface area contributed by atoms with Crippen molar-refractivity contribution in [2.24, 2.45) is 0 Å². The van der Waals surface area contributed by atoms with Crippen molar-refractivity contribution < 1.29 is 9.13 Å². The van der Waals surface area contributed by atoms with Crippen LogP contribution in [0, 0.1) is 17.1 Å². The molecule has 37 heavy (non-hydrogen) atoms. The SMILES string of the molecule is N#Cc1cc(F)cc(Cn2c(Nc3cc4c(cc3Cl)OCC4)nc(=O)n(Cc3ccc[nH]c3=O)c2=O)c1. The molecule has 0 fully saturated rings. The number of hydrogen-bond donors (Lipinski definition) is 2. The van der Waals surface area contributed by atoms with Crippen LogP contribution in [-0.4, -0.2) is 25.7 Å². The van der Waals surface area contributed by atoms with Crippen LogP contribution in [0.1, 0.15) is 22.3 Å². The number of H-pyrrole nitrogens is 1. The zero-order chi connectivity index (χ0) is 26.1. The van der Waals surface area contributed by atoms with E-state index in [0.717, 1.165) is 20.8 Å². The number of pyridine rings is 1. The first-order chi connectivity index (χ1) is 17.8. The van der Waals surface area contributed by atoms with Crippen LogP contribution in [0.25, 0.3) is 0 Å². The first-order valence-corrected chi connectivity index (χ1v) is 11.5. The van der Waals surface area contributed by atoms with Crippen LogP contribution in [0.15, 0.2) is 63.0 Å². The number of nitrogens with one attached hydrogen (secondary N) is 2. The Labute approximate surface area is 213 Å². The fourth-order valence-corrected chi connectivity index (χ4v) is 4.26. The molecular weight excluding hydrogens is 503 g/mol. The summed E-state index contributed by atoms with van der Waals surface area (Å²) in [7, 11) is 0. The number of fused-ring (bicyclic) bond motifs is 1. The smallest absolute Gasteiger partial charge is 0.355 e. The fraction of sp³-hybridized carbons (Fsp3) is 0.160. The van der Waals surface area contributed by atoms with Crippen LogP contribution in [0.3, 0.4) is 0 Å². The Hall–Kier alpha value is -4.69. The lowest BCUT2D eigenvalue weighted by Gasteiger charge is -2.17. The van der Waals surface area contributed by atoms with Crippen molar-refractivity contribution in [3.63, 3.8) is 0 Å². The summed E-state index contributed by atoms with van der Waals surface area (Å²) in [5.74, 6) is -0.152. The van der Waals surface area contributed by atoms with E-state index in [9.17, 15) is 24.0 Å². The maximum absolute atomic E-state index is 14.1. The van der Waals surface area contributed by atoms with Gasteiger partial charge in [0.2, 0.25) is 5.95 Å². The lowest BCUT2D eigenvalue weighted by atomic mass is 10.1. The van der Waals surface area contributed by atoms with Gasteiger partial charge in [-0.25, -0.2) is 18.5 Å². The first kappa shape index (κ1) is 24.0. The van der Waals surface area contributed by atoms with Crippen LogP contribution in [-0.2, 0) is 19.5 Å². The Bertz CT molecular complexity index is 1750. The van der Waals surface area contributed by atoms with Crippen molar-refractivity contribution in [1.29, 1.82) is 5.26 Å². The number of benzene rings is 2. The van der Waals surface area contributed by atoms with Crippen molar-refractivity contribution in [2.45, 2.75) is 19.5 Å². The summed E-state index contributed by atoms with van der Waals surface area (Å²) >= 11 is 6.40. The average Bonchev–Trinajstić information content (AvgIpc) is 3.32. The molecule has 0 saturated carbocycles. The Balaban J connectivity index is 1.64. The van der Waals surface area contributed by atoms with E-state index in [1.807, 2.05) is 6.07 Å². The second kappa shape index (κ2) is 9.75. The average molecular weight is 521 g/mol. The molecule has 0 radical (unpaired) electrons. The number of ether oxygens (including phenoxy) is 1. The highest BCUT2D eigenvalue weighted by Crippen LogP contribution is 2.35. The summed E-state index contributed by atoms with van der Waals surface area (Å²) in [4.78, 5) is 45.2. The second-order valence-corrected chi connectivity index (χ2v) is 8.73. The normalized spacial score (nSPS) is 12.0. The lowest BCUT2D eigenvalue weighted by Crippen LogP contribution is -2.43. The summed E-state index contributed by atoms with van der Waals surface area (Å²) in [5, 5.41) is 12.4. The maximum atomic E-state index is 14.1. The molecule has 2 N–H and O–H groups in total. The number of aromatic amines is 1. The highest BCUT2D eigenvalue weighted by molar-refractivity contribution is 6.33. The molecule has 1 aliphatic rings. The van der Waals surface area contributed by atoms with E-state index in [0.29, 0.717) is 30.0 Å². The summed E-state index contributed by atoms with van der Waals surface area (Å²) in [6, 6.07) is 12.0. The van der Waals surface area contributed by atoms with E-state index in [2.05, 4.69) is 15.3 Å². The van der Waals surface area contributed by atoms with Gasteiger partial charge in [-0.1, -0.05) is 17.7 Å². The standard InChI is InChI=1S/C25H18ClFN6O4/c26-19-10-21-16(3-5-37-21)9-20(19)30-23-31-24(35)33(13-17-2-1-4-29-22(17)34)25(36)32(23)12-15-6-14(11-28)7-18(27)8-15/h1-2,4,6-10H,3,5,12-13H2,(H,29,34)(H,30,31,35). The van der Waals surface area contributed by atoms with Gasteiger partial charge in [0.15, 0.2) is 0 Å². The van der Waals surface area contributed by atoms with E-state index in [1.165, 1.54) is 24.4 Å². The first-order valence-electron chi connectivity index (χ1n) is 11.1. The predicted molar refractivity (Wildman–Crippen MR) is 133 cm³/mol. The number of aromatic nitrogens is 4. The third-order valence-electron chi connectivity index (χ3n) is 5.83. The van der Waals surface area contributed by atoms with Crippen LogP contribution in [0.2, 0.25) is 5.02 Å². The number of hydrogen-bond acceptors (Lipinski definition) is 7. The highest BCUT2D eigenvalue weighted by Gasteiger charge is 2.19. The zero-order valence-corrected chi connectivity index (χ0v) is 19.9. The monoisotopic (exact) mass is 520 g/mol. The Kier molecular flexibility index (Phi) is 6.33. The van der Waals surface area contributed by atoms with Crippen LogP contribution in [0.4, 0.5) is 16.0 Å². The number of nitriles is 1. The van der Waals surface area contributed by atoms with Crippen molar-refractivity contribution in [3.8, 4) is 11.8 Å². The fourth-order valence-electron chi connectivity index (χ4n) is 4.06. The minimum absolute atomic E-state index is 0.0660. The van der Waals surface area contributed by atoms with Crippen molar-refractivity contribution in [3.05, 3.63) is 113 Å². The second-order valence-electron chi connectivity index (χ2n) is 8.32. The number of halogens is 2. The van der Waals surface area contributed by atoms with Crippen LogP contribution < -0.4 is 27.0 Å². The molecule has 2 aromatic carbocycles. The molecule has 0 spiro atoms. The van der Waals surface area contributed by atoms with E-state index < -0.39 is 22.8 Å². The van der Waals surface area contributed by atoms with Gasteiger partial charge in [-0.05, 0) is 41.5 Å². The number of anilines is 2. The topological polar surface area (TPSA) is 135 Å². The van der Waals surface area contributed by atoms with E-state index >= 15 is 0 Å². The Morgan fingerprint density at radius 3 is 2.78 bits per heavy atom. The molecule has 12 heteroatoms. The van der Waals surface area contributed by atoms with Crippen molar-refractivity contribution >= 4 is 23.2 Å². The van der Waals surface area contributed by atoms with Crippen molar-refractivity contribution in [2.75, 3.05) is 11.9 Å². The summed E-state index contributed by atoms with van der Waals surface area (Å²) in [6.07, 6.45) is 2.09. The third kappa shape index (κ3) is 4.87. The molecule has 0 aliphatic carbocycles. The van der Waals surface area contributed by atoms with Gasteiger partial charge in [0.1, 0.15) is 11.6 Å².